The molecule has 1 amide bonds. The molecule has 0 aliphatic carbocycles. The minimum Gasteiger partial charge on any atom is -0.496 e. The number of rotatable bonds is 6. The van der Waals surface area contributed by atoms with Crippen LogP contribution in [0.4, 0.5) is 0 Å². The second-order valence-electron chi connectivity index (χ2n) is 5.16. The highest BCUT2D eigenvalue weighted by Crippen LogP contribution is 2.23. The van der Waals surface area contributed by atoms with Gasteiger partial charge in [-0.3, -0.25) is 4.79 Å². The molecule has 25 heavy (non-hydrogen) atoms. The normalized spacial score (nSPS) is 15.6. The van der Waals surface area contributed by atoms with Crippen LogP contribution in [0.15, 0.2) is 58.7 Å². The molecule has 0 spiro atoms. The summed E-state index contributed by atoms with van der Waals surface area (Å²) in [6, 6.07) is 15.4. The molecule has 0 saturated carbocycles. The lowest BCUT2D eigenvalue weighted by Crippen LogP contribution is -2.19. The SMILES string of the molecule is COc1ccc(OCc2ccccc2)cc1C=NN=C1NC(=O)CS1. The van der Waals surface area contributed by atoms with E-state index in [0.717, 1.165) is 11.1 Å². The largest absolute Gasteiger partial charge is 0.496 e. The third-order valence-corrected chi connectivity index (χ3v) is 4.24. The van der Waals surface area contributed by atoms with Gasteiger partial charge < -0.3 is 14.8 Å². The topological polar surface area (TPSA) is 72.3 Å². The predicted octanol–water partition coefficient (Wildman–Crippen LogP) is 2.83. The Morgan fingerprint density at radius 2 is 2.08 bits per heavy atom. The molecule has 0 unspecified atom stereocenters. The maximum absolute atomic E-state index is 11.1. The van der Waals surface area contributed by atoms with Gasteiger partial charge in [0.15, 0.2) is 5.17 Å². The van der Waals surface area contributed by atoms with Gasteiger partial charge >= 0.3 is 0 Å². The molecule has 1 aliphatic heterocycles. The van der Waals surface area contributed by atoms with Crippen LogP contribution in [0.25, 0.3) is 0 Å². The summed E-state index contributed by atoms with van der Waals surface area (Å²) in [5, 5.41) is 11.1. The van der Waals surface area contributed by atoms with E-state index in [1.54, 1.807) is 13.3 Å². The first-order valence-electron chi connectivity index (χ1n) is 7.63. The number of hydrogen-bond donors (Lipinski definition) is 1. The molecule has 0 bridgehead atoms. The molecule has 0 radical (unpaired) electrons. The molecular formula is C18H17N3O3S. The molecular weight excluding hydrogens is 338 g/mol. The third-order valence-electron chi connectivity index (χ3n) is 3.38. The highest BCUT2D eigenvalue weighted by Gasteiger charge is 2.16. The van der Waals surface area contributed by atoms with Gasteiger partial charge in [0.25, 0.3) is 0 Å². The summed E-state index contributed by atoms with van der Waals surface area (Å²) in [5.74, 6) is 1.69. The van der Waals surface area contributed by atoms with Crippen LogP contribution in [0, 0.1) is 0 Å². The monoisotopic (exact) mass is 355 g/mol. The second kappa shape index (κ2) is 8.34. The predicted molar refractivity (Wildman–Crippen MR) is 99.4 cm³/mol. The molecule has 1 N–H and O–H groups in total. The molecule has 1 saturated heterocycles. The third kappa shape index (κ3) is 4.84. The Hall–Kier alpha value is -2.80. The smallest absolute Gasteiger partial charge is 0.236 e. The number of nitrogens with one attached hydrogen (secondary N) is 1. The molecule has 128 valence electrons. The van der Waals surface area contributed by atoms with E-state index in [1.165, 1.54) is 11.8 Å². The van der Waals surface area contributed by atoms with Crippen molar-refractivity contribution < 1.29 is 14.3 Å². The summed E-state index contributed by atoms with van der Waals surface area (Å²) in [5.41, 5.74) is 1.83. The van der Waals surface area contributed by atoms with Crippen molar-refractivity contribution >= 4 is 29.1 Å². The number of thioether (sulfide) groups is 1. The van der Waals surface area contributed by atoms with Crippen molar-refractivity contribution in [2.45, 2.75) is 6.61 Å². The fourth-order valence-corrected chi connectivity index (χ4v) is 2.80. The Morgan fingerprint density at radius 3 is 2.80 bits per heavy atom. The van der Waals surface area contributed by atoms with Crippen molar-refractivity contribution in [1.82, 2.24) is 5.32 Å². The van der Waals surface area contributed by atoms with E-state index in [4.69, 9.17) is 9.47 Å². The number of amides is 1. The lowest BCUT2D eigenvalue weighted by atomic mass is 10.2. The summed E-state index contributed by atoms with van der Waals surface area (Å²) >= 11 is 1.32. The molecule has 0 atom stereocenters. The van der Waals surface area contributed by atoms with Gasteiger partial charge in [0, 0.05) is 5.56 Å². The maximum atomic E-state index is 11.1. The molecule has 1 heterocycles. The van der Waals surface area contributed by atoms with Crippen molar-refractivity contribution in [2.24, 2.45) is 10.2 Å². The number of nitrogens with zero attached hydrogens (tertiary/aromatic N) is 2. The number of carbonyl (C=O) groups is 1. The molecule has 2 aromatic carbocycles. The standard InChI is InChI=1S/C18H17N3O3S/c1-23-16-8-7-15(24-11-13-5-3-2-4-6-13)9-14(16)10-19-21-18-20-17(22)12-25-18/h2-10H,11-12H2,1H3,(H,20,21,22). The van der Waals surface area contributed by atoms with E-state index in [9.17, 15) is 4.79 Å². The minimum absolute atomic E-state index is 0.0622. The van der Waals surface area contributed by atoms with Gasteiger partial charge in [-0.1, -0.05) is 42.1 Å². The van der Waals surface area contributed by atoms with Crippen molar-refractivity contribution in [1.29, 1.82) is 0 Å². The Bertz CT molecular complexity index is 806. The molecule has 1 aliphatic rings. The Kier molecular flexibility index (Phi) is 5.69. The van der Waals surface area contributed by atoms with E-state index < -0.39 is 0 Å². The maximum Gasteiger partial charge on any atom is 0.236 e. The Balaban J connectivity index is 1.70. The average Bonchev–Trinajstić information content (AvgIpc) is 3.06. The van der Waals surface area contributed by atoms with Gasteiger partial charge in [0.2, 0.25) is 5.91 Å². The van der Waals surface area contributed by atoms with E-state index in [2.05, 4.69) is 15.5 Å². The van der Waals surface area contributed by atoms with Crippen molar-refractivity contribution in [3.63, 3.8) is 0 Å². The molecule has 1 fully saturated rings. The summed E-state index contributed by atoms with van der Waals surface area (Å²) in [6.07, 6.45) is 1.58. The van der Waals surface area contributed by atoms with Crippen molar-refractivity contribution in [3.8, 4) is 11.5 Å². The quantitative estimate of drug-likeness (QED) is 0.639. The lowest BCUT2D eigenvalue weighted by Gasteiger charge is -2.09. The van der Waals surface area contributed by atoms with Gasteiger partial charge in [0.1, 0.15) is 18.1 Å². The van der Waals surface area contributed by atoms with Crippen LogP contribution in [0.2, 0.25) is 0 Å². The van der Waals surface area contributed by atoms with Crippen LogP contribution in [-0.4, -0.2) is 30.2 Å². The molecule has 0 aromatic heterocycles. The minimum atomic E-state index is -0.0622. The van der Waals surface area contributed by atoms with Crippen LogP contribution in [0.3, 0.4) is 0 Å². The molecule has 6 nitrogen and oxygen atoms in total. The van der Waals surface area contributed by atoms with Crippen molar-refractivity contribution in [3.05, 3.63) is 59.7 Å². The van der Waals surface area contributed by atoms with Crippen LogP contribution >= 0.6 is 11.8 Å². The van der Waals surface area contributed by atoms with Crippen LogP contribution in [0.1, 0.15) is 11.1 Å². The molecule has 7 heteroatoms. The number of carbonyl (C=O) groups excluding carboxylic acids is 1. The zero-order valence-corrected chi connectivity index (χ0v) is 14.5. The summed E-state index contributed by atoms with van der Waals surface area (Å²) in [7, 11) is 1.59. The summed E-state index contributed by atoms with van der Waals surface area (Å²) in [4.78, 5) is 11.1. The number of ether oxygens (including phenoxy) is 2. The average molecular weight is 355 g/mol. The van der Waals surface area contributed by atoms with Gasteiger partial charge in [-0.15, -0.1) is 5.10 Å². The fourth-order valence-electron chi connectivity index (χ4n) is 2.17. The molecule has 3 rings (SSSR count). The van der Waals surface area contributed by atoms with E-state index in [1.807, 2.05) is 48.5 Å². The number of amidine groups is 1. The van der Waals surface area contributed by atoms with Gasteiger partial charge in [-0.25, -0.2) is 0 Å². The fraction of sp³-hybridized carbons (Fsp3) is 0.167. The zero-order valence-electron chi connectivity index (χ0n) is 13.6. The Labute approximate surface area is 149 Å². The zero-order chi connectivity index (χ0) is 17.5. The lowest BCUT2D eigenvalue weighted by molar-refractivity contribution is -0.116. The summed E-state index contributed by atoms with van der Waals surface area (Å²) in [6.45, 7) is 0.481. The van der Waals surface area contributed by atoms with E-state index in [0.29, 0.717) is 29.0 Å². The number of benzene rings is 2. The second-order valence-corrected chi connectivity index (χ2v) is 6.13. The number of hydrogen-bond acceptors (Lipinski definition) is 6. The van der Waals surface area contributed by atoms with Gasteiger partial charge in [-0.2, -0.15) is 5.10 Å². The van der Waals surface area contributed by atoms with Gasteiger partial charge in [-0.05, 0) is 23.8 Å². The van der Waals surface area contributed by atoms with Crippen LogP contribution < -0.4 is 14.8 Å². The molecule has 2 aromatic rings. The van der Waals surface area contributed by atoms with E-state index >= 15 is 0 Å². The first-order chi connectivity index (χ1) is 12.2. The van der Waals surface area contributed by atoms with Gasteiger partial charge in [0.05, 0.1) is 19.1 Å². The highest BCUT2D eigenvalue weighted by molar-refractivity contribution is 8.15. The highest BCUT2D eigenvalue weighted by atomic mass is 32.2. The van der Waals surface area contributed by atoms with Crippen LogP contribution in [-0.2, 0) is 11.4 Å². The number of methoxy groups -OCH3 is 1. The first kappa shape index (κ1) is 17.0. The van der Waals surface area contributed by atoms with Crippen molar-refractivity contribution in [2.75, 3.05) is 12.9 Å². The first-order valence-corrected chi connectivity index (χ1v) is 8.61. The van der Waals surface area contributed by atoms with E-state index in [-0.39, 0.29) is 5.91 Å². The van der Waals surface area contributed by atoms with Crippen LogP contribution in [0.5, 0.6) is 11.5 Å². The Morgan fingerprint density at radius 1 is 1.24 bits per heavy atom. The summed E-state index contributed by atoms with van der Waals surface area (Å²) < 4.78 is 11.1.